The highest BCUT2D eigenvalue weighted by molar-refractivity contribution is 5.76. The molecular weight excluding hydrogens is 276 g/mol. The van der Waals surface area contributed by atoms with Crippen molar-refractivity contribution in [3.05, 3.63) is 24.8 Å². The van der Waals surface area contributed by atoms with Gasteiger partial charge in [0.15, 0.2) is 0 Å². The van der Waals surface area contributed by atoms with Crippen LogP contribution < -0.4 is 0 Å². The molecular formula is C19H30O3. The van der Waals surface area contributed by atoms with Gasteiger partial charge in [-0.1, -0.05) is 25.2 Å². The molecule has 0 spiro atoms. The lowest BCUT2D eigenvalue weighted by molar-refractivity contribution is -0.119. The van der Waals surface area contributed by atoms with E-state index in [1.54, 1.807) is 0 Å². The molecule has 2 rings (SSSR count). The van der Waals surface area contributed by atoms with E-state index in [9.17, 15) is 9.90 Å². The highest BCUT2D eigenvalue weighted by Gasteiger charge is 2.61. The molecule has 3 unspecified atom stereocenters. The molecule has 2 fully saturated rings. The molecule has 0 radical (unpaired) electrons. The Labute approximate surface area is 134 Å². The van der Waals surface area contributed by atoms with E-state index in [4.69, 9.17) is 4.74 Å². The number of carbonyl (C=O) groups is 1. The van der Waals surface area contributed by atoms with E-state index in [0.717, 1.165) is 19.3 Å². The molecule has 0 amide bonds. The SMILES string of the molecule is C=C[C@@]1(C)CC[C@H](C2(C)OC2C(O)CC(C)=O)C[C@@H]1C(=C)C. The third-order valence-electron chi connectivity index (χ3n) is 5.95. The van der Waals surface area contributed by atoms with Gasteiger partial charge in [-0.05, 0) is 57.3 Å². The zero-order valence-corrected chi connectivity index (χ0v) is 14.4. The van der Waals surface area contributed by atoms with Crippen molar-refractivity contribution in [3.63, 3.8) is 0 Å². The Morgan fingerprint density at radius 3 is 2.59 bits per heavy atom. The first-order valence-electron chi connectivity index (χ1n) is 8.28. The first kappa shape index (κ1) is 17.4. The van der Waals surface area contributed by atoms with Crippen molar-refractivity contribution in [2.45, 2.75) is 71.2 Å². The number of hydrogen-bond acceptors (Lipinski definition) is 3. The number of rotatable bonds is 6. The first-order chi connectivity index (χ1) is 10.1. The van der Waals surface area contributed by atoms with Crippen LogP contribution in [0.4, 0.5) is 0 Å². The summed E-state index contributed by atoms with van der Waals surface area (Å²) >= 11 is 0. The predicted octanol–water partition coefficient (Wildman–Crippen LogP) is 3.67. The maximum Gasteiger partial charge on any atom is 0.132 e. The summed E-state index contributed by atoms with van der Waals surface area (Å²) in [5.41, 5.74) is 0.990. The second-order valence-electron chi connectivity index (χ2n) is 7.78. The average Bonchev–Trinajstić information content (AvgIpc) is 3.11. The summed E-state index contributed by atoms with van der Waals surface area (Å²) in [5, 5.41) is 10.2. The summed E-state index contributed by atoms with van der Waals surface area (Å²) < 4.78 is 5.88. The van der Waals surface area contributed by atoms with Crippen LogP contribution in [-0.2, 0) is 9.53 Å². The molecule has 22 heavy (non-hydrogen) atoms. The molecule has 1 N–H and O–H groups in total. The number of allylic oxidation sites excluding steroid dienone is 2. The summed E-state index contributed by atoms with van der Waals surface area (Å²) in [6.07, 6.45) is 4.50. The number of ketones is 1. The van der Waals surface area contributed by atoms with Gasteiger partial charge in [0.05, 0.1) is 11.7 Å². The van der Waals surface area contributed by atoms with Gasteiger partial charge in [-0.3, -0.25) is 4.79 Å². The molecule has 3 heteroatoms. The van der Waals surface area contributed by atoms with E-state index in [-0.39, 0.29) is 29.3 Å². The van der Waals surface area contributed by atoms with Crippen molar-refractivity contribution in [3.8, 4) is 0 Å². The van der Waals surface area contributed by atoms with Gasteiger partial charge in [-0.2, -0.15) is 0 Å². The monoisotopic (exact) mass is 306 g/mol. The number of epoxide rings is 1. The zero-order chi connectivity index (χ0) is 16.7. The molecule has 0 bridgehead atoms. The van der Waals surface area contributed by atoms with Crippen molar-refractivity contribution in [2.24, 2.45) is 17.3 Å². The van der Waals surface area contributed by atoms with E-state index in [1.807, 2.05) is 0 Å². The fourth-order valence-electron chi connectivity index (χ4n) is 4.29. The number of aliphatic hydroxyl groups is 1. The van der Waals surface area contributed by atoms with E-state index >= 15 is 0 Å². The second-order valence-corrected chi connectivity index (χ2v) is 7.78. The van der Waals surface area contributed by atoms with Crippen LogP contribution in [0.5, 0.6) is 0 Å². The van der Waals surface area contributed by atoms with E-state index < -0.39 is 6.10 Å². The summed E-state index contributed by atoms with van der Waals surface area (Å²) in [6.45, 7) is 16.1. The molecule has 1 heterocycles. The number of ether oxygens (including phenoxy) is 1. The fraction of sp³-hybridized carbons (Fsp3) is 0.737. The maximum absolute atomic E-state index is 11.2. The Hall–Kier alpha value is -0.930. The molecule has 1 saturated carbocycles. The molecule has 0 aromatic rings. The largest absolute Gasteiger partial charge is 0.390 e. The van der Waals surface area contributed by atoms with Crippen molar-refractivity contribution >= 4 is 5.78 Å². The van der Waals surface area contributed by atoms with Crippen LogP contribution in [-0.4, -0.2) is 28.7 Å². The smallest absolute Gasteiger partial charge is 0.132 e. The van der Waals surface area contributed by atoms with Gasteiger partial charge in [0.1, 0.15) is 11.9 Å². The quantitative estimate of drug-likeness (QED) is 0.602. The van der Waals surface area contributed by atoms with Crippen molar-refractivity contribution in [2.75, 3.05) is 0 Å². The minimum Gasteiger partial charge on any atom is -0.390 e. The number of hydrogen-bond donors (Lipinski definition) is 1. The van der Waals surface area contributed by atoms with Gasteiger partial charge < -0.3 is 9.84 Å². The molecule has 1 saturated heterocycles. The second kappa shape index (κ2) is 5.93. The van der Waals surface area contributed by atoms with Crippen molar-refractivity contribution in [1.29, 1.82) is 0 Å². The van der Waals surface area contributed by atoms with Crippen LogP contribution in [0.25, 0.3) is 0 Å². The Kier molecular flexibility index (Phi) is 4.70. The lowest BCUT2D eigenvalue weighted by atomic mass is 9.60. The fourth-order valence-corrected chi connectivity index (χ4v) is 4.29. The number of Topliss-reactive ketones (excluding diaryl/α,β-unsaturated/α-hetero) is 1. The van der Waals surface area contributed by atoms with E-state index in [1.165, 1.54) is 12.5 Å². The van der Waals surface area contributed by atoms with Gasteiger partial charge in [-0.15, -0.1) is 6.58 Å². The molecule has 0 aromatic carbocycles. The van der Waals surface area contributed by atoms with E-state index in [2.05, 4.69) is 40.0 Å². The predicted molar refractivity (Wildman–Crippen MR) is 88.5 cm³/mol. The zero-order valence-electron chi connectivity index (χ0n) is 14.4. The van der Waals surface area contributed by atoms with Crippen LogP contribution in [0.3, 0.4) is 0 Å². The Balaban J connectivity index is 2.07. The minimum atomic E-state index is -0.682. The van der Waals surface area contributed by atoms with Crippen LogP contribution >= 0.6 is 0 Å². The topological polar surface area (TPSA) is 49.8 Å². The Morgan fingerprint density at radius 2 is 2.09 bits per heavy atom. The summed E-state index contributed by atoms with van der Waals surface area (Å²) in [4.78, 5) is 11.2. The summed E-state index contributed by atoms with van der Waals surface area (Å²) in [5.74, 6) is 0.803. The third kappa shape index (κ3) is 3.07. The minimum absolute atomic E-state index is 0.00744. The average molecular weight is 306 g/mol. The summed E-state index contributed by atoms with van der Waals surface area (Å²) in [6, 6.07) is 0. The van der Waals surface area contributed by atoms with Crippen LogP contribution in [0, 0.1) is 17.3 Å². The molecule has 1 aliphatic carbocycles. The van der Waals surface area contributed by atoms with Crippen LogP contribution in [0.2, 0.25) is 0 Å². The van der Waals surface area contributed by atoms with Gasteiger partial charge in [0.2, 0.25) is 0 Å². The normalized spacial score (nSPS) is 42.5. The molecule has 6 atom stereocenters. The lowest BCUT2D eigenvalue weighted by Gasteiger charge is -2.44. The Morgan fingerprint density at radius 1 is 1.45 bits per heavy atom. The van der Waals surface area contributed by atoms with Crippen molar-refractivity contribution in [1.82, 2.24) is 0 Å². The van der Waals surface area contributed by atoms with Gasteiger partial charge in [0.25, 0.3) is 0 Å². The van der Waals surface area contributed by atoms with Gasteiger partial charge >= 0.3 is 0 Å². The van der Waals surface area contributed by atoms with Crippen LogP contribution in [0.1, 0.15) is 53.4 Å². The van der Waals surface area contributed by atoms with Crippen molar-refractivity contribution < 1.29 is 14.6 Å². The standard InChI is InChI=1S/C19H30O3/c1-7-18(5)9-8-14(11-15(18)12(2)3)19(6)17(22-19)16(21)10-13(4)20/h7,14-17,21H,1-2,8-11H2,3-6H3/t14-,15+,16?,17?,18-,19?/m0/s1. The maximum atomic E-state index is 11.2. The third-order valence-corrected chi connectivity index (χ3v) is 5.95. The Bertz CT molecular complexity index is 483. The number of aliphatic hydroxyl groups excluding tert-OH is 1. The highest BCUT2D eigenvalue weighted by Crippen LogP contribution is 2.56. The van der Waals surface area contributed by atoms with Gasteiger partial charge in [0, 0.05) is 6.42 Å². The highest BCUT2D eigenvalue weighted by atomic mass is 16.6. The first-order valence-corrected chi connectivity index (χ1v) is 8.28. The van der Waals surface area contributed by atoms with E-state index in [0.29, 0.717) is 11.8 Å². The summed E-state index contributed by atoms with van der Waals surface area (Å²) in [7, 11) is 0. The van der Waals surface area contributed by atoms with Crippen LogP contribution in [0.15, 0.2) is 24.8 Å². The van der Waals surface area contributed by atoms with Gasteiger partial charge in [-0.25, -0.2) is 0 Å². The lowest BCUT2D eigenvalue weighted by Crippen LogP contribution is -2.40. The number of carbonyl (C=O) groups excluding carboxylic acids is 1. The molecule has 2 aliphatic rings. The molecule has 1 aliphatic heterocycles. The molecule has 0 aromatic heterocycles. The molecule has 124 valence electrons. The molecule has 3 nitrogen and oxygen atoms in total.